The molecule has 2 aromatic rings. The minimum absolute atomic E-state index is 0.658. The van der Waals surface area contributed by atoms with E-state index in [9.17, 15) is 0 Å². The molecule has 0 spiro atoms. The lowest BCUT2D eigenvalue weighted by Crippen LogP contribution is -2.04. The SMILES string of the molecule is CCc1nc(CC)c2c(CCN)c[nH]c2n1. The van der Waals surface area contributed by atoms with Crippen LogP contribution < -0.4 is 5.73 Å². The summed E-state index contributed by atoms with van der Waals surface area (Å²) >= 11 is 0. The number of aromatic nitrogens is 3. The molecule has 2 heterocycles. The van der Waals surface area contributed by atoms with E-state index in [4.69, 9.17) is 5.73 Å². The number of fused-ring (bicyclic) bond motifs is 1. The maximum Gasteiger partial charge on any atom is 0.141 e. The number of aromatic amines is 1. The summed E-state index contributed by atoms with van der Waals surface area (Å²) < 4.78 is 0. The maximum atomic E-state index is 5.60. The van der Waals surface area contributed by atoms with E-state index >= 15 is 0 Å². The highest BCUT2D eigenvalue weighted by atomic mass is 14.9. The van der Waals surface area contributed by atoms with Crippen LogP contribution in [0.1, 0.15) is 30.9 Å². The van der Waals surface area contributed by atoms with Gasteiger partial charge in [0.25, 0.3) is 0 Å². The van der Waals surface area contributed by atoms with Gasteiger partial charge in [0, 0.05) is 18.0 Å². The predicted octanol–water partition coefficient (Wildman–Crippen LogP) is 1.58. The average Bonchev–Trinajstić information content (AvgIpc) is 2.72. The number of aryl methyl sites for hydroxylation is 2. The van der Waals surface area contributed by atoms with E-state index in [2.05, 4.69) is 28.8 Å². The van der Waals surface area contributed by atoms with Gasteiger partial charge >= 0.3 is 0 Å². The van der Waals surface area contributed by atoms with Crippen molar-refractivity contribution in [2.24, 2.45) is 5.73 Å². The number of rotatable bonds is 4. The maximum absolute atomic E-state index is 5.60. The second-order valence-electron chi connectivity index (χ2n) is 3.87. The molecule has 0 aliphatic heterocycles. The fourth-order valence-corrected chi connectivity index (χ4v) is 1.99. The molecule has 0 bridgehead atoms. The lowest BCUT2D eigenvalue weighted by Gasteiger charge is -2.04. The average molecular weight is 218 g/mol. The van der Waals surface area contributed by atoms with Crippen molar-refractivity contribution in [1.29, 1.82) is 0 Å². The Balaban J connectivity index is 2.62. The number of H-pyrrole nitrogens is 1. The number of hydrogen-bond donors (Lipinski definition) is 2. The van der Waals surface area contributed by atoms with Gasteiger partial charge in [0.1, 0.15) is 11.5 Å². The largest absolute Gasteiger partial charge is 0.346 e. The van der Waals surface area contributed by atoms with E-state index in [-0.39, 0.29) is 0 Å². The minimum atomic E-state index is 0.658. The van der Waals surface area contributed by atoms with Crippen LogP contribution in [0, 0.1) is 0 Å². The van der Waals surface area contributed by atoms with Gasteiger partial charge in [-0.15, -0.1) is 0 Å². The fourth-order valence-electron chi connectivity index (χ4n) is 1.99. The molecule has 4 nitrogen and oxygen atoms in total. The second kappa shape index (κ2) is 4.61. The van der Waals surface area contributed by atoms with Crippen molar-refractivity contribution in [2.45, 2.75) is 33.1 Å². The Morgan fingerprint density at radius 3 is 2.69 bits per heavy atom. The molecule has 2 rings (SSSR count). The van der Waals surface area contributed by atoms with Gasteiger partial charge in [-0.2, -0.15) is 0 Å². The zero-order chi connectivity index (χ0) is 11.5. The molecule has 0 atom stereocenters. The summed E-state index contributed by atoms with van der Waals surface area (Å²) in [7, 11) is 0. The van der Waals surface area contributed by atoms with Gasteiger partial charge in [-0.25, -0.2) is 9.97 Å². The van der Waals surface area contributed by atoms with E-state index in [0.29, 0.717) is 6.54 Å². The van der Waals surface area contributed by atoms with Crippen molar-refractivity contribution in [1.82, 2.24) is 15.0 Å². The molecule has 0 saturated carbocycles. The van der Waals surface area contributed by atoms with Gasteiger partial charge in [-0.3, -0.25) is 0 Å². The Bertz CT molecular complexity index is 487. The molecule has 0 unspecified atom stereocenters. The minimum Gasteiger partial charge on any atom is -0.346 e. The smallest absolute Gasteiger partial charge is 0.141 e. The summed E-state index contributed by atoms with van der Waals surface area (Å²) in [6, 6.07) is 0. The van der Waals surface area contributed by atoms with Crippen LogP contribution in [0.5, 0.6) is 0 Å². The Labute approximate surface area is 95.3 Å². The first kappa shape index (κ1) is 11.1. The van der Waals surface area contributed by atoms with Crippen molar-refractivity contribution in [3.05, 3.63) is 23.3 Å². The molecule has 86 valence electrons. The molecule has 3 N–H and O–H groups in total. The highest BCUT2D eigenvalue weighted by Gasteiger charge is 2.11. The highest BCUT2D eigenvalue weighted by molar-refractivity contribution is 5.82. The summed E-state index contributed by atoms with van der Waals surface area (Å²) in [6.45, 7) is 4.86. The normalized spacial score (nSPS) is 11.2. The molecule has 0 aliphatic rings. The van der Waals surface area contributed by atoms with Crippen molar-refractivity contribution >= 4 is 11.0 Å². The summed E-state index contributed by atoms with van der Waals surface area (Å²) in [6.07, 6.45) is 4.68. The lowest BCUT2D eigenvalue weighted by atomic mass is 10.1. The van der Waals surface area contributed by atoms with Crippen LogP contribution in [0.2, 0.25) is 0 Å². The van der Waals surface area contributed by atoms with Crippen molar-refractivity contribution in [3.63, 3.8) is 0 Å². The lowest BCUT2D eigenvalue weighted by molar-refractivity contribution is 0.906. The molecule has 4 heteroatoms. The van der Waals surface area contributed by atoms with Crippen molar-refractivity contribution in [3.8, 4) is 0 Å². The summed E-state index contributed by atoms with van der Waals surface area (Å²) in [5, 5.41) is 1.17. The molecular weight excluding hydrogens is 200 g/mol. The quantitative estimate of drug-likeness (QED) is 0.818. The van der Waals surface area contributed by atoms with Gasteiger partial charge in [0.2, 0.25) is 0 Å². The zero-order valence-electron chi connectivity index (χ0n) is 9.88. The zero-order valence-corrected chi connectivity index (χ0v) is 9.88. The van der Waals surface area contributed by atoms with Gasteiger partial charge in [0.05, 0.1) is 5.69 Å². The molecule has 0 fully saturated rings. The van der Waals surface area contributed by atoms with Crippen LogP contribution in [-0.2, 0) is 19.3 Å². The summed E-state index contributed by atoms with van der Waals surface area (Å²) in [5.41, 5.74) is 8.92. The molecule has 0 saturated heterocycles. The number of hydrogen-bond acceptors (Lipinski definition) is 3. The third-order valence-corrected chi connectivity index (χ3v) is 2.80. The molecule has 0 aliphatic carbocycles. The topological polar surface area (TPSA) is 67.6 Å². The van der Waals surface area contributed by atoms with E-state index in [0.717, 1.165) is 36.4 Å². The predicted molar refractivity (Wildman–Crippen MR) is 65.4 cm³/mol. The van der Waals surface area contributed by atoms with E-state index < -0.39 is 0 Å². The van der Waals surface area contributed by atoms with Gasteiger partial charge in [-0.05, 0) is 24.9 Å². The molecule has 0 amide bonds. The van der Waals surface area contributed by atoms with Crippen LogP contribution in [0.3, 0.4) is 0 Å². The third kappa shape index (κ3) is 1.80. The Kier molecular flexibility index (Phi) is 3.19. The monoisotopic (exact) mass is 218 g/mol. The molecule has 0 radical (unpaired) electrons. The third-order valence-electron chi connectivity index (χ3n) is 2.80. The van der Waals surface area contributed by atoms with Crippen LogP contribution in [-0.4, -0.2) is 21.5 Å². The summed E-state index contributed by atoms with van der Waals surface area (Å²) in [4.78, 5) is 12.3. The van der Waals surface area contributed by atoms with Gasteiger partial charge in [-0.1, -0.05) is 13.8 Å². The first-order valence-electron chi connectivity index (χ1n) is 5.85. The second-order valence-corrected chi connectivity index (χ2v) is 3.87. The number of nitrogens with one attached hydrogen (secondary N) is 1. The van der Waals surface area contributed by atoms with Crippen LogP contribution in [0.4, 0.5) is 0 Å². The van der Waals surface area contributed by atoms with Crippen LogP contribution >= 0.6 is 0 Å². The summed E-state index contributed by atoms with van der Waals surface area (Å²) in [5.74, 6) is 0.908. The molecule has 0 aromatic carbocycles. The highest BCUT2D eigenvalue weighted by Crippen LogP contribution is 2.21. The molecule has 2 aromatic heterocycles. The van der Waals surface area contributed by atoms with E-state index in [1.54, 1.807) is 0 Å². The van der Waals surface area contributed by atoms with Gasteiger partial charge < -0.3 is 10.7 Å². The van der Waals surface area contributed by atoms with Crippen molar-refractivity contribution in [2.75, 3.05) is 6.54 Å². The first-order valence-corrected chi connectivity index (χ1v) is 5.85. The molecule has 16 heavy (non-hydrogen) atoms. The Morgan fingerprint density at radius 1 is 1.25 bits per heavy atom. The first-order chi connectivity index (χ1) is 7.80. The van der Waals surface area contributed by atoms with Crippen molar-refractivity contribution < 1.29 is 0 Å². The molecular formula is C12H18N4. The van der Waals surface area contributed by atoms with E-state index in [1.165, 1.54) is 10.9 Å². The van der Waals surface area contributed by atoms with Gasteiger partial charge in [0.15, 0.2) is 0 Å². The Hall–Kier alpha value is -1.42. The van der Waals surface area contributed by atoms with Crippen LogP contribution in [0.25, 0.3) is 11.0 Å². The standard InChI is InChI=1S/C12H18N4/c1-3-9-11-8(5-6-13)7-14-12(11)16-10(4-2)15-9/h7H,3-6,13H2,1-2H3,(H,14,15,16). The Morgan fingerprint density at radius 2 is 2.06 bits per heavy atom. The number of nitrogens with two attached hydrogens (primary N) is 1. The number of nitrogens with zero attached hydrogens (tertiary/aromatic N) is 2. The van der Waals surface area contributed by atoms with E-state index in [1.807, 2.05) is 6.20 Å². The fraction of sp³-hybridized carbons (Fsp3) is 0.500. The van der Waals surface area contributed by atoms with Crippen LogP contribution in [0.15, 0.2) is 6.20 Å².